The molecular formula is C48H35NO. The monoisotopic (exact) mass is 641 g/mol. The number of hydrogen-bond acceptors (Lipinski definition) is 2. The van der Waals surface area contributed by atoms with Crippen LogP contribution in [0.5, 0.6) is 0 Å². The molecule has 0 saturated carbocycles. The Balaban J connectivity index is 1.33. The lowest BCUT2D eigenvalue weighted by atomic mass is 9.88. The Kier molecular flexibility index (Phi) is 6.80. The van der Waals surface area contributed by atoms with E-state index in [1.807, 2.05) is 0 Å². The summed E-state index contributed by atoms with van der Waals surface area (Å²) in [4.78, 5) is 2.51. The predicted molar refractivity (Wildman–Crippen MR) is 213 cm³/mol. The van der Waals surface area contributed by atoms with Crippen LogP contribution in [0.25, 0.3) is 66.3 Å². The van der Waals surface area contributed by atoms with Gasteiger partial charge >= 0.3 is 0 Å². The van der Waals surface area contributed by atoms with Crippen LogP contribution < -0.4 is 4.90 Å². The van der Waals surface area contributed by atoms with Gasteiger partial charge in [0.25, 0.3) is 0 Å². The lowest BCUT2D eigenvalue weighted by molar-refractivity contribution is 0.673. The summed E-state index contributed by atoms with van der Waals surface area (Å²) >= 11 is 0. The number of benzene rings is 7. The van der Waals surface area contributed by atoms with Crippen LogP contribution >= 0.6 is 0 Å². The number of furan rings is 1. The van der Waals surface area contributed by atoms with Gasteiger partial charge in [0.1, 0.15) is 11.2 Å². The van der Waals surface area contributed by atoms with Gasteiger partial charge < -0.3 is 9.32 Å². The van der Waals surface area contributed by atoms with Crippen LogP contribution in [-0.4, -0.2) is 0 Å². The number of fused-ring (bicyclic) bond motifs is 7. The number of para-hydroxylation sites is 1. The van der Waals surface area contributed by atoms with Crippen LogP contribution in [0.2, 0.25) is 0 Å². The van der Waals surface area contributed by atoms with Crippen molar-refractivity contribution in [1.29, 1.82) is 0 Å². The van der Waals surface area contributed by atoms with E-state index in [4.69, 9.17) is 4.42 Å². The highest BCUT2D eigenvalue weighted by Crippen LogP contribution is 2.49. The highest BCUT2D eigenvalue weighted by Gasteiger charge is 2.25. The molecule has 8 aromatic rings. The van der Waals surface area contributed by atoms with Crippen molar-refractivity contribution in [3.8, 4) is 11.1 Å². The molecule has 0 fully saturated rings. The Morgan fingerprint density at radius 2 is 1.24 bits per heavy atom. The fourth-order valence-electron chi connectivity index (χ4n) is 8.30. The molecule has 2 nitrogen and oxygen atoms in total. The third kappa shape index (κ3) is 4.56. The summed E-state index contributed by atoms with van der Waals surface area (Å²) in [5, 5.41) is 6.99. The molecule has 1 heterocycles. The molecule has 0 spiro atoms. The van der Waals surface area contributed by atoms with Gasteiger partial charge in [0, 0.05) is 32.5 Å². The van der Waals surface area contributed by atoms with Crippen molar-refractivity contribution >= 4 is 72.2 Å². The van der Waals surface area contributed by atoms with Gasteiger partial charge in [-0.2, -0.15) is 0 Å². The maximum atomic E-state index is 6.85. The van der Waals surface area contributed by atoms with Crippen LogP contribution in [0.4, 0.5) is 17.1 Å². The van der Waals surface area contributed by atoms with Gasteiger partial charge in [-0.05, 0) is 83.2 Å². The van der Waals surface area contributed by atoms with Gasteiger partial charge in [-0.25, -0.2) is 0 Å². The van der Waals surface area contributed by atoms with E-state index in [2.05, 4.69) is 169 Å². The van der Waals surface area contributed by atoms with Gasteiger partial charge in [0.05, 0.1) is 17.1 Å². The highest BCUT2D eigenvalue weighted by molar-refractivity contribution is 6.23. The molecule has 0 N–H and O–H groups in total. The standard InChI is InChI=1S/C48H35NO/c1-2-15-33(16-3-1)36-23-10-11-28-43(36)49(44-29-13-20-34-18-5-7-22-37(34)44)45-31-42-47-40(38-26-12-19-32-17-4-6-21-35(32)38)27-14-30-46(47)50-48(42)41-25-9-8-24-39(41)45/h1-2,5-15,18-31H,3-4,16-17H2. The summed E-state index contributed by atoms with van der Waals surface area (Å²) in [6, 6.07) is 48.8. The summed E-state index contributed by atoms with van der Waals surface area (Å²) in [5.74, 6) is 0. The van der Waals surface area contributed by atoms with E-state index < -0.39 is 0 Å². The van der Waals surface area contributed by atoms with Crippen LogP contribution in [-0.2, 0) is 6.42 Å². The Bertz CT molecular complexity index is 2720. The van der Waals surface area contributed by atoms with Crippen molar-refractivity contribution in [1.82, 2.24) is 0 Å². The second-order valence-electron chi connectivity index (χ2n) is 13.4. The zero-order valence-electron chi connectivity index (χ0n) is 27.8. The van der Waals surface area contributed by atoms with E-state index in [0.29, 0.717) is 0 Å². The smallest absolute Gasteiger partial charge is 0.143 e. The highest BCUT2D eigenvalue weighted by atomic mass is 16.3. The largest absolute Gasteiger partial charge is 0.455 e. The molecule has 10 rings (SSSR count). The second-order valence-corrected chi connectivity index (χ2v) is 13.4. The van der Waals surface area contributed by atoms with Crippen molar-refractivity contribution in [2.75, 3.05) is 4.90 Å². The molecule has 238 valence electrons. The number of hydrogen-bond donors (Lipinski definition) is 0. The Hall–Kier alpha value is -6.12. The number of nitrogens with zero attached hydrogens (tertiary/aromatic N) is 1. The minimum Gasteiger partial charge on any atom is -0.455 e. The summed E-state index contributed by atoms with van der Waals surface area (Å²) in [6.45, 7) is 0. The van der Waals surface area contributed by atoms with E-state index in [-0.39, 0.29) is 0 Å². The molecule has 1 aromatic heterocycles. The molecule has 2 heteroatoms. The molecular weight excluding hydrogens is 607 g/mol. The quantitative estimate of drug-likeness (QED) is 0.186. The van der Waals surface area contributed by atoms with Crippen molar-refractivity contribution in [3.63, 3.8) is 0 Å². The minimum absolute atomic E-state index is 0.911. The first-order valence-corrected chi connectivity index (χ1v) is 17.7. The average Bonchev–Trinajstić information content (AvgIpc) is 3.58. The summed E-state index contributed by atoms with van der Waals surface area (Å²) in [5.41, 5.74) is 13.1. The molecule has 0 unspecified atom stereocenters. The lowest BCUT2D eigenvalue weighted by Crippen LogP contribution is -2.13. The summed E-state index contributed by atoms with van der Waals surface area (Å²) in [6.07, 6.45) is 15.6. The van der Waals surface area contributed by atoms with Gasteiger partial charge in [-0.1, -0.05) is 140 Å². The first kappa shape index (κ1) is 28.9. The maximum Gasteiger partial charge on any atom is 0.143 e. The Morgan fingerprint density at radius 1 is 0.520 bits per heavy atom. The molecule has 0 saturated heterocycles. The van der Waals surface area contributed by atoms with E-state index in [0.717, 1.165) is 69.8 Å². The number of anilines is 3. The topological polar surface area (TPSA) is 16.4 Å². The number of aryl methyl sites for hydroxylation is 1. The molecule has 0 atom stereocenters. The van der Waals surface area contributed by atoms with Gasteiger partial charge in [0.15, 0.2) is 0 Å². The first-order valence-electron chi connectivity index (χ1n) is 17.7. The fraction of sp³-hybridized carbons (Fsp3) is 0.0833. The number of allylic oxidation sites excluding steroid dienone is 5. The number of rotatable bonds is 5. The molecule has 0 aliphatic heterocycles. The van der Waals surface area contributed by atoms with Crippen molar-refractivity contribution in [3.05, 3.63) is 174 Å². The molecule has 2 aliphatic rings. The molecule has 0 amide bonds. The Labute approximate surface area is 291 Å². The fourth-order valence-corrected chi connectivity index (χ4v) is 8.30. The molecule has 7 aromatic carbocycles. The molecule has 2 aliphatic carbocycles. The molecule has 0 bridgehead atoms. The van der Waals surface area contributed by atoms with Crippen LogP contribution in [0, 0.1) is 0 Å². The van der Waals surface area contributed by atoms with Crippen LogP contribution in [0.15, 0.2) is 162 Å². The first-order chi connectivity index (χ1) is 24.8. The van der Waals surface area contributed by atoms with E-state index >= 15 is 0 Å². The molecule has 50 heavy (non-hydrogen) atoms. The second kappa shape index (κ2) is 11.8. The van der Waals surface area contributed by atoms with Gasteiger partial charge in [-0.3, -0.25) is 0 Å². The average molecular weight is 642 g/mol. The summed E-state index contributed by atoms with van der Waals surface area (Å²) < 4.78 is 6.85. The van der Waals surface area contributed by atoms with Crippen molar-refractivity contribution in [2.24, 2.45) is 0 Å². The van der Waals surface area contributed by atoms with Crippen LogP contribution in [0.1, 0.15) is 36.0 Å². The predicted octanol–water partition coefficient (Wildman–Crippen LogP) is 13.7. The van der Waals surface area contributed by atoms with E-state index in [9.17, 15) is 0 Å². The van der Waals surface area contributed by atoms with Crippen molar-refractivity contribution in [2.45, 2.75) is 25.7 Å². The van der Waals surface area contributed by atoms with E-state index in [1.165, 1.54) is 49.9 Å². The summed E-state index contributed by atoms with van der Waals surface area (Å²) in [7, 11) is 0. The Morgan fingerprint density at radius 3 is 2.16 bits per heavy atom. The van der Waals surface area contributed by atoms with Gasteiger partial charge in [-0.15, -0.1) is 0 Å². The normalized spacial score (nSPS) is 14.0. The maximum absolute atomic E-state index is 6.85. The van der Waals surface area contributed by atoms with Crippen LogP contribution in [0.3, 0.4) is 0 Å². The van der Waals surface area contributed by atoms with Gasteiger partial charge in [0.2, 0.25) is 0 Å². The lowest BCUT2D eigenvalue weighted by Gasteiger charge is -2.31. The third-order valence-corrected chi connectivity index (χ3v) is 10.6. The zero-order valence-corrected chi connectivity index (χ0v) is 27.8. The molecule has 0 radical (unpaired) electrons. The minimum atomic E-state index is 0.911. The van der Waals surface area contributed by atoms with E-state index in [1.54, 1.807) is 0 Å². The zero-order chi connectivity index (χ0) is 33.0. The van der Waals surface area contributed by atoms with Crippen molar-refractivity contribution < 1.29 is 4.42 Å². The SMILES string of the molecule is C1=CCCC(c2ccccc2N(c2cccc3ccccc23)c2cc3c(oc4cccc(-c5cccc6c5C=CCC6)c43)c3ccccc23)=C1. The third-order valence-electron chi connectivity index (χ3n) is 10.6.